The molecule has 176 valence electrons. The average Bonchev–Trinajstić information content (AvgIpc) is 3.51. The number of hydrogen-bond acceptors (Lipinski definition) is 4. The number of nitrogens with zero attached hydrogens (tertiary/aromatic N) is 1. The van der Waals surface area contributed by atoms with E-state index in [1.807, 2.05) is 26.0 Å². The molecule has 2 N–H and O–H groups in total. The van der Waals surface area contributed by atoms with Gasteiger partial charge in [-0.1, -0.05) is 58.1 Å². The van der Waals surface area contributed by atoms with Gasteiger partial charge in [-0.05, 0) is 31.6 Å². The molecule has 2 saturated carbocycles. The van der Waals surface area contributed by atoms with Crippen molar-refractivity contribution in [3.05, 3.63) is 12.2 Å². The molecule has 32 heavy (non-hydrogen) atoms. The van der Waals surface area contributed by atoms with Gasteiger partial charge in [-0.15, -0.1) is 0 Å². The van der Waals surface area contributed by atoms with Gasteiger partial charge in [-0.3, -0.25) is 14.4 Å². The summed E-state index contributed by atoms with van der Waals surface area (Å²) in [4.78, 5) is 42.3. The zero-order valence-electron chi connectivity index (χ0n) is 19.3. The highest BCUT2D eigenvalue weighted by Gasteiger charge is 2.72. The maximum absolute atomic E-state index is 13.7. The van der Waals surface area contributed by atoms with Crippen LogP contribution in [0, 0.1) is 17.8 Å². The smallest absolute Gasteiger partial charge is 0.246 e. The fourth-order valence-electron chi connectivity index (χ4n) is 6.75. The number of carbonyl (C=O) groups is 3. The Balaban J connectivity index is 1.41. The SMILES string of the molecule is CC(C)CN1C(=O)[C@@H]2[C@H](C(=O)NC3CCCCC3)[C@H]3C=C[C@@]2(O3)[C@H]1C(=O)NC1CCCC1. The molecule has 0 aromatic rings. The van der Waals surface area contributed by atoms with Crippen LogP contribution >= 0.6 is 0 Å². The van der Waals surface area contributed by atoms with Crippen molar-refractivity contribution < 1.29 is 19.1 Å². The zero-order valence-corrected chi connectivity index (χ0v) is 19.3. The molecule has 7 heteroatoms. The number of nitrogens with one attached hydrogen (secondary N) is 2. The molecule has 2 aliphatic carbocycles. The molecule has 0 unspecified atom stereocenters. The summed E-state index contributed by atoms with van der Waals surface area (Å²) in [6.07, 6.45) is 13.1. The fraction of sp³-hybridized carbons (Fsp3) is 0.800. The molecule has 2 saturated heterocycles. The lowest BCUT2D eigenvalue weighted by atomic mass is 9.74. The zero-order chi connectivity index (χ0) is 22.5. The maximum Gasteiger partial charge on any atom is 0.246 e. The normalized spacial score (nSPS) is 36.8. The van der Waals surface area contributed by atoms with E-state index in [2.05, 4.69) is 10.6 Å². The van der Waals surface area contributed by atoms with E-state index in [-0.39, 0.29) is 35.7 Å². The Morgan fingerprint density at radius 1 is 1.03 bits per heavy atom. The third-order valence-corrected chi connectivity index (χ3v) is 8.14. The van der Waals surface area contributed by atoms with E-state index in [4.69, 9.17) is 4.74 Å². The Kier molecular flexibility index (Phi) is 5.81. The van der Waals surface area contributed by atoms with E-state index in [0.29, 0.717) is 6.54 Å². The molecular weight excluding hydrogens is 406 g/mol. The third-order valence-electron chi connectivity index (χ3n) is 8.14. The van der Waals surface area contributed by atoms with Crippen molar-refractivity contribution in [2.24, 2.45) is 17.8 Å². The molecule has 0 radical (unpaired) electrons. The van der Waals surface area contributed by atoms with E-state index < -0.39 is 29.6 Å². The second-order valence-corrected chi connectivity index (χ2v) is 10.9. The van der Waals surface area contributed by atoms with Crippen molar-refractivity contribution in [2.75, 3.05) is 6.54 Å². The van der Waals surface area contributed by atoms with Gasteiger partial charge in [0.25, 0.3) is 0 Å². The number of carbonyl (C=O) groups excluding carboxylic acids is 3. The molecule has 3 heterocycles. The van der Waals surface area contributed by atoms with Crippen LogP contribution in [0.4, 0.5) is 0 Å². The maximum atomic E-state index is 13.7. The summed E-state index contributed by atoms with van der Waals surface area (Å²) in [5.74, 6) is -1.31. The molecule has 5 rings (SSSR count). The highest BCUT2D eigenvalue weighted by atomic mass is 16.5. The Labute approximate surface area is 190 Å². The Morgan fingerprint density at radius 3 is 2.25 bits per heavy atom. The summed E-state index contributed by atoms with van der Waals surface area (Å²) in [7, 11) is 0. The molecule has 1 spiro atoms. The summed E-state index contributed by atoms with van der Waals surface area (Å²) in [5.41, 5.74) is -1.03. The average molecular weight is 444 g/mol. The van der Waals surface area contributed by atoms with Crippen LogP contribution < -0.4 is 10.6 Å². The lowest BCUT2D eigenvalue weighted by Gasteiger charge is -2.33. The van der Waals surface area contributed by atoms with Crippen molar-refractivity contribution in [1.29, 1.82) is 0 Å². The number of fused-ring (bicyclic) bond motifs is 1. The number of amides is 3. The molecule has 7 nitrogen and oxygen atoms in total. The topological polar surface area (TPSA) is 87.7 Å². The Morgan fingerprint density at radius 2 is 1.62 bits per heavy atom. The summed E-state index contributed by atoms with van der Waals surface area (Å²) in [6, 6.07) is -0.362. The van der Waals surface area contributed by atoms with Gasteiger partial charge < -0.3 is 20.3 Å². The highest BCUT2D eigenvalue weighted by molar-refractivity contribution is 6.00. The lowest BCUT2D eigenvalue weighted by Crippen LogP contribution is -2.56. The molecule has 5 aliphatic rings. The van der Waals surface area contributed by atoms with Crippen LogP contribution in [0.3, 0.4) is 0 Å². The van der Waals surface area contributed by atoms with Crippen molar-refractivity contribution >= 4 is 17.7 Å². The van der Waals surface area contributed by atoms with E-state index >= 15 is 0 Å². The predicted octanol–water partition coefficient (Wildman–Crippen LogP) is 2.30. The number of likely N-dealkylation sites (tertiary alicyclic amines) is 1. The second-order valence-electron chi connectivity index (χ2n) is 10.9. The highest BCUT2D eigenvalue weighted by Crippen LogP contribution is 2.55. The van der Waals surface area contributed by atoms with Crippen LogP contribution in [-0.2, 0) is 19.1 Å². The number of rotatable bonds is 6. The van der Waals surface area contributed by atoms with E-state index in [1.165, 1.54) is 6.42 Å². The van der Waals surface area contributed by atoms with Gasteiger partial charge in [0.1, 0.15) is 11.6 Å². The van der Waals surface area contributed by atoms with Crippen molar-refractivity contribution in [3.8, 4) is 0 Å². The molecule has 5 atom stereocenters. The van der Waals surface area contributed by atoms with Gasteiger partial charge in [-0.25, -0.2) is 0 Å². The molecule has 2 bridgehead atoms. The fourth-order valence-corrected chi connectivity index (χ4v) is 6.75. The summed E-state index contributed by atoms with van der Waals surface area (Å²) < 4.78 is 6.39. The van der Waals surface area contributed by atoms with Crippen LogP contribution in [0.2, 0.25) is 0 Å². The minimum atomic E-state index is -1.03. The quantitative estimate of drug-likeness (QED) is 0.617. The first-order valence-electron chi connectivity index (χ1n) is 12.7. The van der Waals surface area contributed by atoms with Gasteiger partial charge >= 0.3 is 0 Å². The van der Waals surface area contributed by atoms with E-state index in [1.54, 1.807) is 4.90 Å². The molecule has 3 amide bonds. The van der Waals surface area contributed by atoms with E-state index in [9.17, 15) is 14.4 Å². The first-order chi connectivity index (χ1) is 15.4. The first-order valence-corrected chi connectivity index (χ1v) is 12.7. The summed E-state index contributed by atoms with van der Waals surface area (Å²) in [6.45, 7) is 4.58. The third kappa shape index (κ3) is 3.57. The van der Waals surface area contributed by atoms with E-state index in [0.717, 1.165) is 51.4 Å². The standard InChI is InChI=1S/C25H37N3O4/c1-15(2)14-28-21(23(30)27-17-10-6-7-11-17)25-13-12-18(32-25)19(20(25)24(28)31)22(29)26-16-8-4-3-5-9-16/h12-13,15-21H,3-11,14H2,1-2H3,(H,26,29)(H,27,30)/t18-,19-,20+,21-,25+/m1/s1. The molecular formula is C25H37N3O4. The molecule has 3 aliphatic heterocycles. The largest absolute Gasteiger partial charge is 0.359 e. The Hall–Kier alpha value is -1.89. The summed E-state index contributed by atoms with van der Waals surface area (Å²) in [5, 5.41) is 6.41. The Bertz CT molecular complexity index is 799. The molecule has 0 aromatic carbocycles. The van der Waals surface area contributed by atoms with Crippen molar-refractivity contribution in [2.45, 2.75) is 101 Å². The monoisotopic (exact) mass is 443 g/mol. The predicted molar refractivity (Wildman–Crippen MR) is 119 cm³/mol. The first kappa shape index (κ1) is 21.9. The minimum Gasteiger partial charge on any atom is -0.359 e. The van der Waals surface area contributed by atoms with Crippen LogP contribution in [0.5, 0.6) is 0 Å². The van der Waals surface area contributed by atoms with Gasteiger partial charge in [0.2, 0.25) is 17.7 Å². The van der Waals surface area contributed by atoms with Crippen LogP contribution in [0.15, 0.2) is 12.2 Å². The number of ether oxygens (including phenoxy) is 1. The van der Waals surface area contributed by atoms with Gasteiger partial charge in [-0.2, -0.15) is 0 Å². The summed E-state index contributed by atoms with van der Waals surface area (Å²) >= 11 is 0. The van der Waals surface area contributed by atoms with Crippen molar-refractivity contribution in [3.63, 3.8) is 0 Å². The van der Waals surface area contributed by atoms with Gasteiger partial charge in [0, 0.05) is 18.6 Å². The van der Waals surface area contributed by atoms with Crippen LogP contribution in [-0.4, -0.2) is 59.0 Å². The minimum absolute atomic E-state index is 0.0900. The lowest BCUT2D eigenvalue weighted by molar-refractivity contribution is -0.142. The molecule has 4 fully saturated rings. The van der Waals surface area contributed by atoms with Crippen LogP contribution in [0.25, 0.3) is 0 Å². The molecule has 0 aromatic heterocycles. The van der Waals surface area contributed by atoms with Gasteiger partial charge in [0.15, 0.2) is 0 Å². The number of hydrogen-bond donors (Lipinski definition) is 2. The van der Waals surface area contributed by atoms with Crippen molar-refractivity contribution in [1.82, 2.24) is 15.5 Å². The van der Waals surface area contributed by atoms with Crippen LogP contribution in [0.1, 0.15) is 71.6 Å². The van der Waals surface area contributed by atoms with Gasteiger partial charge in [0.05, 0.1) is 17.9 Å². The second kappa shape index (κ2) is 8.47.